The van der Waals surface area contributed by atoms with Gasteiger partial charge in [0.05, 0.1) is 6.61 Å². The number of alkyl carbamates (subject to hydrolysis) is 1. The van der Waals surface area contributed by atoms with Crippen molar-refractivity contribution in [1.82, 2.24) is 5.32 Å². The van der Waals surface area contributed by atoms with Crippen LogP contribution in [0.25, 0.3) is 0 Å². The predicted octanol–water partition coefficient (Wildman–Crippen LogP) is 2.46. The van der Waals surface area contributed by atoms with Gasteiger partial charge in [-0.1, -0.05) is 13.3 Å². The molecule has 1 N–H and O–H groups in total. The highest BCUT2D eigenvalue weighted by atomic mass is 16.7. The van der Waals surface area contributed by atoms with Crippen LogP contribution in [0.3, 0.4) is 0 Å². The third kappa shape index (κ3) is 7.76. The molecule has 18 heavy (non-hydrogen) atoms. The van der Waals surface area contributed by atoms with Crippen LogP contribution in [0.4, 0.5) is 9.59 Å². The third-order valence-electron chi connectivity index (χ3n) is 2.24. The Morgan fingerprint density at radius 2 is 1.89 bits per heavy atom. The maximum Gasteiger partial charge on any atom is 0.508 e. The molecule has 0 saturated heterocycles. The molecule has 0 aromatic carbocycles. The summed E-state index contributed by atoms with van der Waals surface area (Å²) in [6.45, 7) is 5.74. The van der Waals surface area contributed by atoms with Crippen molar-refractivity contribution in [2.45, 2.75) is 52.2 Å². The van der Waals surface area contributed by atoms with Crippen molar-refractivity contribution in [2.75, 3.05) is 13.7 Å². The van der Waals surface area contributed by atoms with E-state index >= 15 is 0 Å². The van der Waals surface area contributed by atoms with Gasteiger partial charge in [0.25, 0.3) is 0 Å². The van der Waals surface area contributed by atoms with Gasteiger partial charge in [-0.25, -0.2) is 9.59 Å². The zero-order valence-electron chi connectivity index (χ0n) is 11.5. The molecule has 1 amide bonds. The third-order valence-corrected chi connectivity index (χ3v) is 2.24. The second-order valence-corrected chi connectivity index (χ2v) is 3.91. The highest BCUT2D eigenvalue weighted by Crippen LogP contribution is 2.13. The lowest BCUT2D eigenvalue weighted by Gasteiger charge is -2.20. The van der Waals surface area contributed by atoms with Gasteiger partial charge in [-0.2, -0.15) is 0 Å². The Bertz CT molecular complexity index is 257. The first kappa shape index (κ1) is 16.5. The molecule has 0 bridgehead atoms. The zero-order chi connectivity index (χ0) is 14.0. The molecule has 0 radical (unpaired) electrons. The summed E-state index contributed by atoms with van der Waals surface area (Å²) in [5, 5.41) is 2.37. The van der Waals surface area contributed by atoms with Crippen molar-refractivity contribution >= 4 is 12.2 Å². The lowest BCUT2D eigenvalue weighted by atomic mass is 10.1. The Morgan fingerprint density at radius 3 is 2.39 bits per heavy atom. The Hall–Kier alpha value is -1.46. The molecule has 0 aromatic rings. The molecule has 0 aliphatic carbocycles. The van der Waals surface area contributed by atoms with Crippen LogP contribution in [-0.2, 0) is 14.2 Å². The Kier molecular flexibility index (Phi) is 8.78. The van der Waals surface area contributed by atoms with Gasteiger partial charge >= 0.3 is 12.2 Å². The second-order valence-electron chi connectivity index (χ2n) is 3.91. The van der Waals surface area contributed by atoms with E-state index in [2.05, 4.69) is 5.32 Å². The molecule has 0 saturated carbocycles. The van der Waals surface area contributed by atoms with Crippen LogP contribution in [0.5, 0.6) is 0 Å². The standard InChI is InChI=1S/C12H23NO5/c1-5-7-10(18-12(15)16-6-2)8-9(3)17-11(14)13-4/h9-10H,5-8H2,1-4H3,(H,13,14). The van der Waals surface area contributed by atoms with E-state index in [0.717, 1.165) is 6.42 Å². The summed E-state index contributed by atoms with van der Waals surface area (Å²) >= 11 is 0. The first-order valence-electron chi connectivity index (χ1n) is 6.25. The largest absolute Gasteiger partial charge is 0.508 e. The molecule has 0 aromatic heterocycles. The highest BCUT2D eigenvalue weighted by Gasteiger charge is 2.19. The van der Waals surface area contributed by atoms with Crippen LogP contribution >= 0.6 is 0 Å². The van der Waals surface area contributed by atoms with Crippen LogP contribution in [0.1, 0.15) is 40.0 Å². The van der Waals surface area contributed by atoms with Gasteiger partial charge in [0.2, 0.25) is 0 Å². The Labute approximate surface area is 108 Å². The smallest absolute Gasteiger partial charge is 0.446 e. The lowest BCUT2D eigenvalue weighted by molar-refractivity contribution is 0.00249. The summed E-state index contributed by atoms with van der Waals surface area (Å²) in [5.74, 6) is 0. The van der Waals surface area contributed by atoms with Gasteiger partial charge in [0.15, 0.2) is 0 Å². The maximum absolute atomic E-state index is 11.2. The number of hydrogen-bond donors (Lipinski definition) is 1. The molecular formula is C12H23NO5. The molecule has 0 heterocycles. The number of carbonyl (C=O) groups excluding carboxylic acids is 2. The summed E-state index contributed by atoms with van der Waals surface area (Å²) in [7, 11) is 1.49. The fourth-order valence-corrected chi connectivity index (χ4v) is 1.49. The van der Waals surface area contributed by atoms with Gasteiger partial charge < -0.3 is 19.5 Å². The van der Waals surface area contributed by atoms with Crippen molar-refractivity contribution in [1.29, 1.82) is 0 Å². The molecule has 2 unspecified atom stereocenters. The first-order chi connectivity index (χ1) is 8.53. The minimum Gasteiger partial charge on any atom is -0.446 e. The molecule has 106 valence electrons. The van der Waals surface area contributed by atoms with E-state index in [1.54, 1.807) is 13.8 Å². The van der Waals surface area contributed by atoms with Gasteiger partial charge in [0.1, 0.15) is 12.2 Å². The number of carbonyl (C=O) groups is 2. The average Bonchev–Trinajstić information content (AvgIpc) is 2.29. The molecule has 0 fully saturated rings. The quantitative estimate of drug-likeness (QED) is 0.712. The van der Waals surface area contributed by atoms with Gasteiger partial charge in [0, 0.05) is 13.5 Å². The van der Waals surface area contributed by atoms with Crippen LogP contribution in [0.15, 0.2) is 0 Å². The fraction of sp³-hybridized carbons (Fsp3) is 0.833. The van der Waals surface area contributed by atoms with Gasteiger partial charge in [-0.15, -0.1) is 0 Å². The topological polar surface area (TPSA) is 73.9 Å². The van der Waals surface area contributed by atoms with Crippen molar-refractivity contribution < 1.29 is 23.8 Å². The fourth-order valence-electron chi connectivity index (χ4n) is 1.49. The van der Waals surface area contributed by atoms with Crippen molar-refractivity contribution in [2.24, 2.45) is 0 Å². The zero-order valence-corrected chi connectivity index (χ0v) is 11.5. The summed E-state index contributed by atoms with van der Waals surface area (Å²) in [4.78, 5) is 22.2. The van der Waals surface area contributed by atoms with Crippen LogP contribution in [0, 0.1) is 0 Å². The minimum absolute atomic E-state index is 0.280. The molecule has 6 nitrogen and oxygen atoms in total. The van der Waals surface area contributed by atoms with E-state index in [4.69, 9.17) is 14.2 Å². The van der Waals surface area contributed by atoms with E-state index in [9.17, 15) is 9.59 Å². The van der Waals surface area contributed by atoms with E-state index in [1.165, 1.54) is 7.05 Å². The Morgan fingerprint density at radius 1 is 1.22 bits per heavy atom. The monoisotopic (exact) mass is 261 g/mol. The molecular weight excluding hydrogens is 238 g/mol. The maximum atomic E-state index is 11.2. The highest BCUT2D eigenvalue weighted by molar-refractivity contribution is 5.66. The van der Waals surface area contributed by atoms with Crippen LogP contribution in [0.2, 0.25) is 0 Å². The van der Waals surface area contributed by atoms with Crippen LogP contribution in [-0.4, -0.2) is 38.1 Å². The normalized spacial score (nSPS) is 13.3. The van der Waals surface area contributed by atoms with Crippen LogP contribution < -0.4 is 5.32 Å². The SMILES string of the molecule is CCCC(CC(C)OC(=O)NC)OC(=O)OCC. The molecule has 6 heteroatoms. The molecule has 0 aliphatic rings. The van der Waals surface area contributed by atoms with E-state index in [1.807, 2.05) is 6.92 Å². The van der Waals surface area contributed by atoms with E-state index in [0.29, 0.717) is 12.8 Å². The number of rotatable bonds is 7. The van der Waals surface area contributed by atoms with Gasteiger partial charge in [-0.05, 0) is 20.3 Å². The molecule has 0 rings (SSSR count). The molecule has 0 aliphatic heterocycles. The molecule has 2 atom stereocenters. The lowest BCUT2D eigenvalue weighted by Crippen LogP contribution is -2.29. The number of amides is 1. The summed E-state index contributed by atoms with van der Waals surface area (Å²) < 4.78 is 14.9. The van der Waals surface area contributed by atoms with Crippen molar-refractivity contribution in [3.8, 4) is 0 Å². The number of hydrogen-bond acceptors (Lipinski definition) is 5. The second kappa shape index (κ2) is 9.56. The summed E-state index contributed by atoms with van der Waals surface area (Å²) in [6.07, 6.45) is 0.249. The predicted molar refractivity (Wildman–Crippen MR) is 66.4 cm³/mol. The average molecular weight is 261 g/mol. The van der Waals surface area contributed by atoms with Crippen molar-refractivity contribution in [3.05, 3.63) is 0 Å². The van der Waals surface area contributed by atoms with E-state index < -0.39 is 12.2 Å². The first-order valence-corrected chi connectivity index (χ1v) is 6.25. The summed E-state index contributed by atoms with van der Waals surface area (Å²) in [6, 6.07) is 0. The van der Waals surface area contributed by atoms with E-state index in [-0.39, 0.29) is 18.8 Å². The summed E-state index contributed by atoms with van der Waals surface area (Å²) in [5.41, 5.74) is 0. The number of ether oxygens (including phenoxy) is 3. The minimum atomic E-state index is -0.678. The van der Waals surface area contributed by atoms with Gasteiger partial charge in [-0.3, -0.25) is 0 Å². The number of nitrogens with one attached hydrogen (secondary N) is 1. The molecule has 0 spiro atoms. The van der Waals surface area contributed by atoms with Crippen molar-refractivity contribution in [3.63, 3.8) is 0 Å². The Balaban J connectivity index is 4.16.